The van der Waals surface area contributed by atoms with Gasteiger partial charge in [-0.1, -0.05) is 29.8 Å². The highest BCUT2D eigenvalue weighted by molar-refractivity contribution is 6.34. The molecule has 1 aliphatic rings. The number of nitrogens with two attached hydrogens (primary N) is 1. The number of halogens is 1. The quantitative estimate of drug-likeness (QED) is 0.832. The van der Waals surface area contributed by atoms with Gasteiger partial charge in [0.15, 0.2) is 0 Å². The maximum absolute atomic E-state index is 12.4. The van der Waals surface area contributed by atoms with E-state index in [1.165, 1.54) is 5.56 Å². The number of amides is 1. The van der Waals surface area contributed by atoms with Crippen LogP contribution in [0.3, 0.4) is 0 Å². The molecule has 3 nitrogen and oxygen atoms in total. The minimum absolute atomic E-state index is 0.0321. The van der Waals surface area contributed by atoms with Crippen LogP contribution in [0.4, 0.5) is 5.69 Å². The first kappa shape index (κ1) is 14.0. The first-order valence-electron chi connectivity index (χ1n) is 7.00. The lowest BCUT2D eigenvalue weighted by Gasteiger charge is -2.15. The Morgan fingerprint density at radius 1 is 1.33 bits per heavy atom. The zero-order valence-corrected chi connectivity index (χ0v) is 12.6. The highest BCUT2D eigenvalue weighted by atomic mass is 35.5. The Morgan fingerprint density at radius 2 is 2.14 bits per heavy atom. The van der Waals surface area contributed by atoms with Gasteiger partial charge in [0.2, 0.25) is 0 Å². The maximum atomic E-state index is 12.4. The van der Waals surface area contributed by atoms with Crippen LogP contribution in [-0.4, -0.2) is 5.91 Å². The van der Waals surface area contributed by atoms with E-state index < -0.39 is 0 Å². The summed E-state index contributed by atoms with van der Waals surface area (Å²) in [6, 6.07) is 11.4. The van der Waals surface area contributed by atoms with Gasteiger partial charge in [-0.25, -0.2) is 0 Å². The van der Waals surface area contributed by atoms with Crippen molar-refractivity contribution in [2.75, 3.05) is 5.73 Å². The Labute approximate surface area is 129 Å². The third kappa shape index (κ3) is 2.61. The zero-order chi connectivity index (χ0) is 15.0. The summed E-state index contributed by atoms with van der Waals surface area (Å²) in [7, 11) is 0. The molecule has 0 bridgehead atoms. The lowest BCUT2D eigenvalue weighted by atomic mass is 10.1. The molecule has 0 radical (unpaired) electrons. The minimum atomic E-state index is -0.127. The van der Waals surface area contributed by atoms with Gasteiger partial charge in [0, 0.05) is 5.69 Å². The van der Waals surface area contributed by atoms with E-state index in [2.05, 4.69) is 5.32 Å². The number of aryl methyl sites for hydroxylation is 2. The largest absolute Gasteiger partial charge is 0.399 e. The topological polar surface area (TPSA) is 55.1 Å². The average Bonchev–Trinajstić information content (AvgIpc) is 2.84. The minimum Gasteiger partial charge on any atom is -0.399 e. The van der Waals surface area contributed by atoms with Crippen molar-refractivity contribution in [3.8, 4) is 0 Å². The molecule has 0 spiro atoms. The third-order valence-corrected chi connectivity index (χ3v) is 4.49. The lowest BCUT2D eigenvalue weighted by Crippen LogP contribution is -2.27. The van der Waals surface area contributed by atoms with E-state index in [0.29, 0.717) is 10.6 Å². The van der Waals surface area contributed by atoms with Crippen molar-refractivity contribution in [3.05, 3.63) is 63.7 Å². The molecular weight excluding hydrogens is 284 g/mol. The number of anilines is 1. The summed E-state index contributed by atoms with van der Waals surface area (Å²) in [4.78, 5) is 12.4. The van der Waals surface area contributed by atoms with Crippen LogP contribution in [-0.2, 0) is 6.42 Å². The second-order valence-corrected chi connectivity index (χ2v) is 5.84. The molecule has 2 aromatic rings. The van der Waals surface area contributed by atoms with Gasteiger partial charge in [0.05, 0.1) is 16.6 Å². The molecule has 21 heavy (non-hydrogen) atoms. The van der Waals surface area contributed by atoms with E-state index >= 15 is 0 Å². The third-order valence-electron chi connectivity index (χ3n) is 3.99. The number of nitrogen functional groups attached to an aromatic ring is 1. The second-order valence-electron chi connectivity index (χ2n) is 5.46. The maximum Gasteiger partial charge on any atom is 0.253 e. The number of hydrogen-bond acceptors (Lipinski definition) is 2. The van der Waals surface area contributed by atoms with Crippen molar-refractivity contribution in [2.24, 2.45) is 0 Å². The molecule has 4 heteroatoms. The highest BCUT2D eigenvalue weighted by Gasteiger charge is 2.25. The molecule has 0 heterocycles. The van der Waals surface area contributed by atoms with Crippen molar-refractivity contribution < 1.29 is 4.79 Å². The SMILES string of the molecule is Cc1cccc(C(=O)NC2CCc3cc(N)ccc32)c1Cl. The van der Waals surface area contributed by atoms with E-state index in [1.807, 2.05) is 37.3 Å². The van der Waals surface area contributed by atoms with E-state index in [-0.39, 0.29) is 11.9 Å². The van der Waals surface area contributed by atoms with Gasteiger partial charge in [0.25, 0.3) is 5.91 Å². The van der Waals surface area contributed by atoms with Crippen LogP contribution in [0.15, 0.2) is 36.4 Å². The van der Waals surface area contributed by atoms with Gasteiger partial charge in [-0.15, -0.1) is 0 Å². The Balaban J connectivity index is 1.83. The molecule has 1 atom stereocenters. The molecule has 2 aromatic carbocycles. The van der Waals surface area contributed by atoms with Crippen molar-refractivity contribution in [1.82, 2.24) is 5.32 Å². The first-order valence-corrected chi connectivity index (χ1v) is 7.38. The first-order chi connectivity index (χ1) is 10.1. The van der Waals surface area contributed by atoms with E-state index in [9.17, 15) is 4.79 Å². The molecular formula is C17H17ClN2O. The second kappa shape index (κ2) is 5.41. The van der Waals surface area contributed by atoms with Crippen LogP contribution >= 0.6 is 11.6 Å². The van der Waals surface area contributed by atoms with E-state index in [4.69, 9.17) is 17.3 Å². The molecule has 1 amide bonds. The number of benzene rings is 2. The molecule has 0 aliphatic heterocycles. The van der Waals surface area contributed by atoms with E-state index in [0.717, 1.165) is 29.7 Å². The number of fused-ring (bicyclic) bond motifs is 1. The summed E-state index contributed by atoms with van der Waals surface area (Å²) >= 11 is 6.22. The predicted octanol–water partition coefficient (Wildman–Crippen LogP) is 3.65. The lowest BCUT2D eigenvalue weighted by molar-refractivity contribution is 0.0937. The number of rotatable bonds is 2. The summed E-state index contributed by atoms with van der Waals surface area (Å²) in [5.41, 5.74) is 10.4. The van der Waals surface area contributed by atoms with Crippen LogP contribution in [0, 0.1) is 6.92 Å². The van der Waals surface area contributed by atoms with Crippen LogP contribution in [0.1, 0.15) is 39.5 Å². The predicted molar refractivity (Wildman–Crippen MR) is 85.6 cm³/mol. The monoisotopic (exact) mass is 300 g/mol. The fraction of sp³-hybridized carbons (Fsp3) is 0.235. The van der Waals surface area contributed by atoms with Crippen LogP contribution < -0.4 is 11.1 Å². The summed E-state index contributed by atoms with van der Waals surface area (Å²) in [5, 5.41) is 3.59. The summed E-state index contributed by atoms with van der Waals surface area (Å²) in [6.07, 6.45) is 1.83. The van der Waals surface area contributed by atoms with Crippen molar-refractivity contribution >= 4 is 23.2 Å². The number of hydrogen-bond donors (Lipinski definition) is 2. The number of carbonyl (C=O) groups is 1. The fourth-order valence-corrected chi connectivity index (χ4v) is 3.06. The molecule has 108 valence electrons. The van der Waals surface area contributed by atoms with Crippen LogP contribution in [0.25, 0.3) is 0 Å². The van der Waals surface area contributed by atoms with Crippen LogP contribution in [0.2, 0.25) is 5.02 Å². The Morgan fingerprint density at radius 3 is 2.95 bits per heavy atom. The van der Waals surface area contributed by atoms with Gasteiger partial charge in [0.1, 0.15) is 0 Å². The smallest absolute Gasteiger partial charge is 0.253 e. The van der Waals surface area contributed by atoms with Crippen molar-refractivity contribution in [3.63, 3.8) is 0 Å². The molecule has 3 rings (SSSR count). The van der Waals surface area contributed by atoms with Crippen molar-refractivity contribution in [2.45, 2.75) is 25.8 Å². The Kier molecular flexibility index (Phi) is 3.60. The molecule has 0 saturated carbocycles. The van der Waals surface area contributed by atoms with Gasteiger partial charge in [-0.2, -0.15) is 0 Å². The van der Waals surface area contributed by atoms with Crippen LogP contribution in [0.5, 0.6) is 0 Å². The molecule has 0 aromatic heterocycles. The Hall–Kier alpha value is -2.00. The molecule has 0 fully saturated rings. The van der Waals surface area contributed by atoms with Gasteiger partial charge >= 0.3 is 0 Å². The van der Waals surface area contributed by atoms with Gasteiger partial charge in [-0.05, 0) is 54.7 Å². The Bertz CT molecular complexity index is 712. The average molecular weight is 301 g/mol. The van der Waals surface area contributed by atoms with E-state index in [1.54, 1.807) is 6.07 Å². The summed E-state index contributed by atoms with van der Waals surface area (Å²) in [6.45, 7) is 1.90. The number of carbonyl (C=O) groups excluding carboxylic acids is 1. The zero-order valence-electron chi connectivity index (χ0n) is 11.8. The number of nitrogens with one attached hydrogen (secondary N) is 1. The fourth-order valence-electron chi connectivity index (χ4n) is 2.85. The summed E-state index contributed by atoms with van der Waals surface area (Å²) in [5.74, 6) is -0.127. The molecule has 3 N–H and O–H groups in total. The van der Waals surface area contributed by atoms with Gasteiger partial charge < -0.3 is 11.1 Å². The highest BCUT2D eigenvalue weighted by Crippen LogP contribution is 2.33. The van der Waals surface area contributed by atoms with Gasteiger partial charge in [-0.3, -0.25) is 4.79 Å². The normalized spacial score (nSPS) is 16.6. The standard InChI is InChI=1S/C17H17ClN2O/c1-10-3-2-4-14(16(10)18)17(21)20-15-8-5-11-9-12(19)6-7-13(11)15/h2-4,6-7,9,15H,5,8,19H2,1H3,(H,20,21). The molecule has 0 saturated heterocycles. The van der Waals surface area contributed by atoms with Crippen molar-refractivity contribution in [1.29, 1.82) is 0 Å². The molecule has 1 unspecified atom stereocenters. The molecule has 1 aliphatic carbocycles. The summed E-state index contributed by atoms with van der Waals surface area (Å²) < 4.78 is 0.